The smallest absolute Gasteiger partial charge is 0.339 e. The predicted molar refractivity (Wildman–Crippen MR) is 401 cm³/mol. The molecule has 4 aromatic heterocycles. The first kappa shape index (κ1) is 71.7. The molecule has 1 aliphatic heterocycles. The number of fused-ring (bicyclic) bond motifs is 9. The first-order chi connectivity index (χ1) is 47.1. The average Bonchev–Trinajstić information content (AvgIpc) is 1.67. The van der Waals surface area contributed by atoms with Crippen LogP contribution in [-0.4, -0.2) is 23.9 Å². The molecule has 0 saturated heterocycles. The fourth-order valence-corrected chi connectivity index (χ4v) is 18.6. The van der Waals surface area contributed by atoms with Gasteiger partial charge in [-0.15, -0.1) is 101 Å². The quantitative estimate of drug-likeness (QED) is 0.0574. The van der Waals surface area contributed by atoms with Gasteiger partial charge in [0.25, 0.3) is 11.8 Å². The molecular weight excluding hydrogens is 1810 g/mol. The molecule has 9 nitrogen and oxygen atoms in total. The summed E-state index contributed by atoms with van der Waals surface area (Å²) in [6.07, 6.45) is 5.07. The summed E-state index contributed by atoms with van der Waals surface area (Å²) in [4.78, 5) is 14.8. The Morgan fingerprint density at radius 3 is 1.51 bits per heavy atom. The van der Waals surface area contributed by atoms with E-state index in [0.29, 0.717) is 11.8 Å². The standard InChI is InChI=1S/C31H27N2O3P.C30H26N2P.C23H15NOP.3Os/c1-20-11-9-12-21(2)29(20)35-37(36-30-22(3)13-10-14-23(30)4)34-28-19-33-27-18-8-7-16-25(27)24-15-5-6-17-26(24)31(33)32-28;1-23-13-12-14-24(2)29(23)32-21-26(31-30(32)25-15-6-3-7-16-25)22-33(27-17-8-4-9-18-27)28-19-10-5-11-20-28;1-2-9-17(10-3-1)20-13-8-16-23(24-20)25-26-21-14-6-4-11-18(21)19-12-5-7-15-22(19)26;;;/h5-16,18-19,37H,1-4H3;3-15,17-21H,22H2,1-2H3;1-9,11-16H;;;/q;2*-1;3*+1/p+2. The van der Waals surface area contributed by atoms with Gasteiger partial charge < -0.3 is 13.5 Å². The van der Waals surface area contributed by atoms with Crippen molar-refractivity contribution < 1.29 is 77.5 Å². The summed E-state index contributed by atoms with van der Waals surface area (Å²) in [7, 11) is -4.70. The molecule has 0 spiro atoms. The molecule has 16 rings (SSSR count). The van der Waals surface area contributed by atoms with Crippen molar-refractivity contribution in [1.82, 2.24) is 23.9 Å². The molecular formula is C84H70N5O4Os3P3+3. The molecule has 0 N–H and O–H groups in total. The summed E-state index contributed by atoms with van der Waals surface area (Å²) < 4.78 is 30.2. The van der Waals surface area contributed by atoms with Crippen LogP contribution in [0.25, 0.3) is 66.8 Å². The van der Waals surface area contributed by atoms with Crippen LogP contribution in [0.2, 0.25) is 0 Å². The Kier molecular flexibility index (Phi) is 23.9. The molecule has 11 aromatic carbocycles. The monoisotopic (exact) mass is 1880 g/mol. The fourth-order valence-electron chi connectivity index (χ4n) is 12.5. The first-order valence-corrected chi connectivity index (χ1v) is 36.4. The minimum Gasteiger partial charge on any atom is -0.339 e. The Hall–Kier alpha value is -8.61. The zero-order valence-electron chi connectivity index (χ0n) is 55.3. The molecule has 0 unspecified atom stereocenters. The summed E-state index contributed by atoms with van der Waals surface area (Å²) >= 11 is 0. The second-order valence-corrected chi connectivity index (χ2v) is 29.3. The second kappa shape index (κ2) is 33.0. The molecule has 3 radical (unpaired) electrons. The normalized spacial score (nSPS) is 11.3. The van der Waals surface area contributed by atoms with E-state index in [1.165, 1.54) is 49.2 Å². The maximum atomic E-state index is 6.47. The van der Waals surface area contributed by atoms with E-state index in [4.69, 9.17) is 33.0 Å². The summed E-state index contributed by atoms with van der Waals surface area (Å²) in [6.45, 7) is 12.5. The Balaban J connectivity index is 0.000000150. The van der Waals surface area contributed by atoms with Crippen molar-refractivity contribution in [3.63, 3.8) is 0 Å². The number of benzene rings is 11. The molecule has 0 aliphatic carbocycles. The van der Waals surface area contributed by atoms with E-state index in [1.54, 1.807) is 0 Å². The van der Waals surface area contributed by atoms with E-state index in [1.807, 2.05) is 149 Å². The van der Waals surface area contributed by atoms with Crippen LogP contribution in [0.4, 0.5) is 0 Å². The van der Waals surface area contributed by atoms with Gasteiger partial charge in [0.05, 0.1) is 41.9 Å². The van der Waals surface area contributed by atoms with Gasteiger partial charge in [-0.2, -0.15) is 0 Å². The number of imidazole rings is 2. The van der Waals surface area contributed by atoms with E-state index in [0.717, 1.165) is 95.6 Å². The number of hydrogen-bond donors (Lipinski definition) is 0. The minimum atomic E-state index is -2.33. The van der Waals surface area contributed by atoms with Crippen LogP contribution in [0.5, 0.6) is 23.3 Å². The number of pyridine rings is 2. The van der Waals surface area contributed by atoms with Crippen LogP contribution < -0.4 is 39.3 Å². The first-order valence-electron chi connectivity index (χ1n) is 32.1. The van der Waals surface area contributed by atoms with Crippen molar-refractivity contribution in [1.29, 1.82) is 0 Å². The van der Waals surface area contributed by atoms with Crippen molar-refractivity contribution in [2.75, 3.05) is 0 Å². The number of aryl methyl sites for hydroxylation is 6. The van der Waals surface area contributed by atoms with Gasteiger partial charge >= 0.3 is 68.0 Å². The van der Waals surface area contributed by atoms with Gasteiger partial charge in [0.15, 0.2) is 11.5 Å². The fraction of sp³-hybridized carbons (Fsp3) is 0.0833. The topological polar surface area (TPSA) is 84.9 Å². The molecule has 99 heavy (non-hydrogen) atoms. The van der Waals surface area contributed by atoms with Gasteiger partial charge in [-0.05, 0) is 128 Å². The van der Waals surface area contributed by atoms with Gasteiger partial charge in [0, 0.05) is 34.6 Å². The molecule has 0 saturated carbocycles. The van der Waals surface area contributed by atoms with Gasteiger partial charge in [0.1, 0.15) is 16.8 Å². The molecule has 0 atom stereocenters. The third kappa shape index (κ3) is 15.9. The Morgan fingerprint density at radius 1 is 0.414 bits per heavy atom. The molecule has 491 valence electrons. The molecule has 0 fully saturated rings. The predicted octanol–water partition coefficient (Wildman–Crippen LogP) is 19.2. The molecule has 15 aromatic rings. The van der Waals surface area contributed by atoms with Crippen LogP contribution in [0.1, 0.15) is 39.1 Å². The van der Waals surface area contributed by atoms with Crippen molar-refractivity contribution in [2.24, 2.45) is 0 Å². The van der Waals surface area contributed by atoms with Gasteiger partial charge in [0.2, 0.25) is 8.15 Å². The van der Waals surface area contributed by atoms with Gasteiger partial charge in [-0.3, -0.25) is 23.5 Å². The number of nitrogens with zero attached hydrogens (tertiary/aromatic N) is 5. The molecule has 5 heterocycles. The zero-order chi connectivity index (χ0) is 65.5. The largest absolute Gasteiger partial charge is 1.00 e. The summed E-state index contributed by atoms with van der Waals surface area (Å²) in [5, 5.41) is 8.57. The maximum absolute atomic E-state index is 6.47. The summed E-state index contributed by atoms with van der Waals surface area (Å²) in [5.41, 5.74) is 16.2. The Labute approximate surface area is 622 Å². The van der Waals surface area contributed by atoms with Crippen molar-refractivity contribution in [3.05, 3.63) is 343 Å². The number of rotatable bonds is 15. The van der Waals surface area contributed by atoms with Crippen molar-refractivity contribution in [3.8, 4) is 62.7 Å². The third-order valence-electron chi connectivity index (χ3n) is 17.1. The van der Waals surface area contributed by atoms with Gasteiger partial charge in [-0.1, -0.05) is 163 Å². The number of aromatic nitrogens is 5. The SMILES string of the molecule is Cc1cccc(C)c1-n1cc(C[PH+](c2ccccc2)c2ccccc2)nc1-c1[c-]cccc1.Cc1cccc(C)c1O[PH+](Oc1cn2c3ccccc3c3ccc[c-]c3c2n1)Oc1c(C)cccc1C.[Os+].[Os+].[Os+].[c-]1ccccc1-c1cccc(O[PH+]2c3ccccc3-c3ccccc32)n1. The van der Waals surface area contributed by atoms with Crippen LogP contribution in [0.3, 0.4) is 0 Å². The van der Waals surface area contributed by atoms with Crippen LogP contribution in [0, 0.1) is 59.7 Å². The van der Waals surface area contributed by atoms with E-state index < -0.39 is 24.7 Å². The average molecular weight is 1880 g/mol. The second-order valence-electron chi connectivity index (χ2n) is 23.7. The van der Waals surface area contributed by atoms with E-state index in [9.17, 15) is 0 Å². The molecule has 1 aliphatic rings. The van der Waals surface area contributed by atoms with Crippen LogP contribution in [-0.2, 0) is 65.5 Å². The third-order valence-corrected chi connectivity index (χ3v) is 23.3. The molecule has 15 heteroatoms. The van der Waals surface area contributed by atoms with Crippen molar-refractivity contribution in [2.45, 2.75) is 47.7 Å². The number of para-hydroxylation sites is 4. The summed E-state index contributed by atoms with van der Waals surface area (Å²) in [5.74, 6) is 3.61. The molecule has 0 amide bonds. The zero-order valence-corrected chi connectivity index (χ0v) is 65.9. The van der Waals surface area contributed by atoms with Crippen LogP contribution in [0.15, 0.2) is 285 Å². The Morgan fingerprint density at radius 2 is 0.919 bits per heavy atom. The van der Waals surface area contributed by atoms with Gasteiger partial charge in [-0.25, -0.2) is 4.98 Å². The summed E-state index contributed by atoms with van der Waals surface area (Å²) in [6, 6.07) is 104. The van der Waals surface area contributed by atoms with E-state index >= 15 is 0 Å². The maximum Gasteiger partial charge on any atom is 1.00 e. The van der Waals surface area contributed by atoms with Crippen molar-refractivity contribution >= 4 is 73.2 Å². The van der Waals surface area contributed by atoms with Crippen LogP contribution >= 0.6 is 24.7 Å². The number of hydrogen-bond acceptors (Lipinski definition) is 7. The minimum absolute atomic E-state index is 0. The van der Waals surface area contributed by atoms with E-state index in [-0.39, 0.29) is 59.4 Å². The molecule has 0 bridgehead atoms. The van der Waals surface area contributed by atoms with E-state index in [2.05, 4.69) is 205 Å². The Bertz CT molecular complexity index is 4970.